The highest BCUT2D eigenvalue weighted by atomic mass is 35.5. The van der Waals surface area contributed by atoms with Crippen LogP contribution in [0.3, 0.4) is 0 Å². The van der Waals surface area contributed by atoms with E-state index in [4.69, 9.17) is 11.6 Å². The van der Waals surface area contributed by atoms with Crippen LogP contribution in [0.4, 0.5) is 0 Å². The van der Waals surface area contributed by atoms with Crippen LogP contribution in [0.15, 0.2) is 53.4 Å². The summed E-state index contributed by atoms with van der Waals surface area (Å²) in [5.74, 6) is -0.483. The normalized spacial score (nSPS) is 12.8. The van der Waals surface area contributed by atoms with Gasteiger partial charge in [-0.05, 0) is 42.7 Å². The van der Waals surface area contributed by atoms with Crippen LogP contribution in [0.5, 0.6) is 0 Å². The van der Waals surface area contributed by atoms with E-state index in [1.165, 1.54) is 24.3 Å². The van der Waals surface area contributed by atoms with Gasteiger partial charge in [0.25, 0.3) is 0 Å². The number of rotatable bonds is 7. The zero-order valence-corrected chi connectivity index (χ0v) is 17.5. The third-order valence-electron chi connectivity index (χ3n) is 4.26. The van der Waals surface area contributed by atoms with Crippen molar-refractivity contribution in [3.05, 3.63) is 64.7 Å². The molecular weight excluding hydrogens is 384 g/mol. The maximum Gasteiger partial charge on any atom is 0.241 e. The van der Waals surface area contributed by atoms with Gasteiger partial charge >= 0.3 is 0 Å². The van der Waals surface area contributed by atoms with Crippen LogP contribution in [-0.2, 0) is 21.4 Å². The predicted octanol–water partition coefficient (Wildman–Crippen LogP) is 3.61. The molecule has 27 heavy (non-hydrogen) atoms. The van der Waals surface area contributed by atoms with Crippen LogP contribution in [0.25, 0.3) is 0 Å². The van der Waals surface area contributed by atoms with Gasteiger partial charge < -0.3 is 4.90 Å². The first-order valence-corrected chi connectivity index (χ1v) is 10.5. The van der Waals surface area contributed by atoms with Crippen LogP contribution in [-0.4, -0.2) is 32.3 Å². The van der Waals surface area contributed by atoms with Gasteiger partial charge in [0.2, 0.25) is 15.9 Å². The molecule has 146 valence electrons. The second-order valence-electron chi connectivity index (χ2n) is 6.98. The van der Waals surface area contributed by atoms with Gasteiger partial charge in [0.05, 0.1) is 4.90 Å². The van der Waals surface area contributed by atoms with Gasteiger partial charge in [0.15, 0.2) is 0 Å². The van der Waals surface area contributed by atoms with Crippen molar-refractivity contribution in [1.82, 2.24) is 9.62 Å². The third kappa shape index (κ3) is 5.79. The zero-order valence-electron chi connectivity index (χ0n) is 15.9. The summed E-state index contributed by atoms with van der Waals surface area (Å²) in [6, 6.07) is 12.9. The molecule has 1 N–H and O–H groups in total. The summed E-state index contributed by atoms with van der Waals surface area (Å²) in [5, 5.41) is 0.447. The number of halogens is 1. The molecule has 0 unspecified atom stereocenters. The van der Waals surface area contributed by atoms with Crippen molar-refractivity contribution in [2.45, 2.75) is 38.3 Å². The molecule has 0 aliphatic carbocycles. The summed E-state index contributed by atoms with van der Waals surface area (Å²) in [7, 11) is -2.16. The second-order valence-corrected chi connectivity index (χ2v) is 9.13. The third-order valence-corrected chi connectivity index (χ3v) is 5.96. The number of hydrogen-bond acceptors (Lipinski definition) is 3. The van der Waals surface area contributed by atoms with E-state index in [-0.39, 0.29) is 16.7 Å². The molecule has 2 aromatic carbocycles. The quantitative estimate of drug-likeness (QED) is 0.760. The van der Waals surface area contributed by atoms with E-state index < -0.39 is 16.1 Å². The van der Waals surface area contributed by atoms with Crippen LogP contribution in [0.1, 0.15) is 25.0 Å². The lowest BCUT2D eigenvalue weighted by Crippen LogP contribution is -2.49. The number of aryl methyl sites for hydroxylation is 1. The fourth-order valence-electron chi connectivity index (χ4n) is 2.60. The molecule has 0 spiro atoms. The highest BCUT2D eigenvalue weighted by Gasteiger charge is 2.30. The first kappa shape index (κ1) is 21.4. The van der Waals surface area contributed by atoms with E-state index in [2.05, 4.69) is 4.72 Å². The molecule has 7 heteroatoms. The standard InChI is InChI=1S/C20H25ClN2O3S/c1-14(2)19(22-27(25,26)18-11-9-17(21)10-12-18)20(24)23(4)13-16-7-5-15(3)6-8-16/h5-12,14,19,22H,13H2,1-4H3/t19-/m0/s1. The minimum absolute atomic E-state index is 0.0755. The Morgan fingerprint density at radius 3 is 2.15 bits per heavy atom. The number of nitrogens with one attached hydrogen (secondary N) is 1. The Bertz CT molecular complexity index is 878. The van der Waals surface area contributed by atoms with Gasteiger partial charge in [-0.25, -0.2) is 8.42 Å². The van der Waals surface area contributed by atoms with Crippen LogP contribution in [0, 0.1) is 12.8 Å². The van der Waals surface area contributed by atoms with Crippen molar-refractivity contribution in [2.75, 3.05) is 7.05 Å². The number of nitrogens with zero attached hydrogens (tertiary/aromatic N) is 1. The summed E-state index contributed by atoms with van der Waals surface area (Å²) >= 11 is 5.82. The molecule has 1 amide bonds. The molecule has 5 nitrogen and oxygen atoms in total. The Morgan fingerprint density at radius 1 is 1.07 bits per heavy atom. The smallest absolute Gasteiger partial charge is 0.241 e. The van der Waals surface area contributed by atoms with Crippen molar-refractivity contribution in [3.8, 4) is 0 Å². The number of sulfonamides is 1. The Hall–Kier alpha value is -1.89. The Labute approximate surface area is 166 Å². The molecule has 2 aromatic rings. The zero-order chi connectivity index (χ0) is 20.2. The molecule has 1 atom stereocenters. The summed E-state index contributed by atoms with van der Waals surface area (Å²) in [4.78, 5) is 14.5. The molecule has 0 bridgehead atoms. The molecule has 0 aliphatic heterocycles. The topological polar surface area (TPSA) is 66.5 Å². The van der Waals surface area contributed by atoms with Gasteiger partial charge in [-0.1, -0.05) is 55.3 Å². The molecule has 0 saturated heterocycles. The average Bonchev–Trinajstić information content (AvgIpc) is 2.61. The molecule has 0 radical (unpaired) electrons. The van der Waals surface area contributed by atoms with Crippen LogP contribution in [0.2, 0.25) is 5.02 Å². The van der Waals surface area contributed by atoms with Crippen molar-refractivity contribution < 1.29 is 13.2 Å². The summed E-state index contributed by atoms with van der Waals surface area (Å²) in [6.45, 7) is 6.03. The lowest BCUT2D eigenvalue weighted by atomic mass is 10.0. The highest BCUT2D eigenvalue weighted by Crippen LogP contribution is 2.17. The lowest BCUT2D eigenvalue weighted by molar-refractivity contribution is -0.133. The fraction of sp³-hybridized carbons (Fsp3) is 0.350. The minimum Gasteiger partial charge on any atom is -0.340 e. The van der Waals surface area contributed by atoms with Crippen molar-refractivity contribution in [3.63, 3.8) is 0 Å². The van der Waals surface area contributed by atoms with Crippen LogP contribution >= 0.6 is 11.6 Å². The number of amides is 1. The summed E-state index contributed by atoms with van der Waals surface area (Å²) < 4.78 is 27.9. The van der Waals surface area contributed by atoms with E-state index >= 15 is 0 Å². The second kappa shape index (κ2) is 8.87. The highest BCUT2D eigenvalue weighted by molar-refractivity contribution is 7.89. The number of carbonyl (C=O) groups excluding carboxylic acids is 1. The van der Waals surface area contributed by atoms with Crippen molar-refractivity contribution in [1.29, 1.82) is 0 Å². The largest absolute Gasteiger partial charge is 0.340 e. The van der Waals surface area contributed by atoms with Crippen LogP contribution < -0.4 is 4.72 Å². The minimum atomic E-state index is -3.83. The molecule has 0 aliphatic rings. The number of benzene rings is 2. The number of likely N-dealkylation sites (N-methyl/N-ethyl adjacent to an activating group) is 1. The summed E-state index contributed by atoms with van der Waals surface area (Å²) in [5.41, 5.74) is 2.13. The van der Waals surface area contributed by atoms with Gasteiger partial charge in [-0.2, -0.15) is 4.72 Å². The van der Waals surface area contributed by atoms with E-state index in [9.17, 15) is 13.2 Å². The Balaban J connectivity index is 2.16. The van der Waals surface area contributed by atoms with Crippen molar-refractivity contribution >= 4 is 27.5 Å². The first-order valence-electron chi connectivity index (χ1n) is 8.68. The fourth-order valence-corrected chi connectivity index (χ4v) is 4.07. The molecule has 0 fully saturated rings. The Morgan fingerprint density at radius 2 is 1.63 bits per heavy atom. The van der Waals surface area contributed by atoms with E-state index in [0.29, 0.717) is 11.6 Å². The van der Waals surface area contributed by atoms with Crippen molar-refractivity contribution in [2.24, 2.45) is 5.92 Å². The predicted molar refractivity (Wildman–Crippen MR) is 108 cm³/mol. The molecule has 0 heterocycles. The number of hydrogen-bond donors (Lipinski definition) is 1. The van der Waals surface area contributed by atoms with E-state index in [1.54, 1.807) is 11.9 Å². The van der Waals surface area contributed by atoms with E-state index in [0.717, 1.165) is 11.1 Å². The monoisotopic (exact) mass is 408 g/mol. The van der Waals surface area contributed by atoms with Gasteiger partial charge in [-0.15, -0.1) is 0 Å². The van der Waals surface area contributed by atoms with Gasteiger partial charge in [-0.3, -0.25) is 4.79 Å². The Kier molecular flexibility index (Phi) is 7.03. The maximum atomic E-state index is 12.9. The molecule has 0 saturated carbocycles. The SMILES string of the molecule is Cc1ccc(CN(C)C(=O)[C@@H](NS(=O)(=O)c2ccc(Cl)cc2)C(C)C)cc1. The lowest BCUT2D eigenvalue weighted by Gasteiger charge is -2.27. The first-order chi connectivity index (χ1) is 12.6. The maximum absolute atomic E-state index is 12.9. The molecule has 0 aromatic heterocycles. The van der Waals surface area contributed by atoms with Gasteiger partial charge in [0.1, 0.15) is 6.04 Å². The number of carbonyl (C=O) groups is 1. The summed E-state index contributed by atoms with van der Waals surface area (Å²) in [6.07, 6.45) is 0. The molecule has 2 rings (SSSR count). The molecular formula is C20H25ClN2O3S. The van der Waals surface area contributed by atoms with Gasteiger partial charge in [0, 0.05) is 18.6 Å². The average molecular weight is 409 g/mol. The van der Waals surface area contributed by atoms with E-state index in [1.807, 2.05) is 45.0 Å².